The van der Waals surface area contributed by atoms with Crippen molar-refractivity contribution < 1.29 is 5.11 Å². The highest BCUT2D eigenvalue weighted by atomic mass is 16.2. The largest absolute Gasteiger partial charge is 0.516 e. The molecule has 0 unspecified atom stereocenters. The third-order valence-electron chi connectivity index (χ3n) is 3.22. The van der Waals surface area contributed by atoms with E-state index in [1.807, 2.05) is 24.3 Å². The van der Waals surface area contributed by atoms with Gasteiger partial charge in [0.1, 0.15) is 0 Å². The molecule has 0 bridgehead atoms. The fraction of sp³-hybridized carbons (Fsp3) is 0.500. The zero-order valence-corrected chi connectivity index (χ0v) is 13.6. The van der Waals surface area contributed by atoms with Crippen molar-refractivity contribution in [2.24, 2.45) is 0 Å². The Balaban J connectivity index is 3.36. The van der Waals surface area contributed by atoms with Gasteiger partial charge in [-0.1, -0.05) is 100 Å². The number of aliphatic hydroxyl groups excluding tert-OH is 1. The van der Waals surface area contributed by atoms with Crippen molar-refractivity contribution in [1.29, 1.82) is 0 Å². The molecule has 0 fully saturated rings. The number of unbranched alkanes of at least 4 members (excludes halogenated alkanes) is 8. The maximum absolute atomic E-state index is 8.41. The van der Waals surface area contributed by atoms with E-state index < -0.39 is 0 Å². The van der Waals surface area contributed by atoms with E-state index in [1.165, 1.54) is 57.8 Å². The lowest BCUT2D eigenvalue weighted by atomic mass is 10.1. The molecule has 0 spiro atoms. The summed E-state index contributed by atoms with van der Waals surface area (Å²) in [6.45, 7) is 2.27. The summed E-state index contributed by atoms with van der Waals surface area (Å²) in [5, 5.41) is 8.41. The van der Waals surface area contributed by atoms with Gasteiger partial charge in [-0.2, -0.15) is 0 Å². The first-order valence-corrected chi connectivity index (χ1v) is 8.37. The van der Waals surface area contributed by atoms with Crippen LogP contribution in [0.15, 0.2) is 60.9 Å². The summed E-state index contributed by atoms with van der Waals surface area (Å²) in [7, 11) is 0. The Kier molecular flexibility index (Phi) is 17.2. The second-order valence-corrected chi connectivity index (χ2v) is 5.19. The number of aliphatic hydroxyl groups is 1. The fourth-order valence-electron chi connectivity index (χ4n) is 2.01. The second kappa shape index (κ2) is 18.5. The minimum absolute atomic E-state index is 1.02. The molecule has 21 heavy (non-hydrogen) atoms. The monoisotopic (exact) mass is 288 g/mol. The summed E-state index contributed by atoms with van der Waals surface area (Å²) in [6.07, 6.45) is 30.8. The highest BCUT2D eigenvalue weighted by molar-refractivity contribution is 5.17. The molecule has 0 aromatic heterocycles. The third kappa shape index (κ3) is 18.5. The Labute approximate surface area is 131 Å². The van der Waals surface area contributed by atoms with Gasteiger partial charge in [0.15, 0.2) is 0 Å². The molecule has 0 saturated heterocycles. The molecule has 0 amide bonds. The first kappa shape index (κ1) is 19.5. The molecule has 118 valence electrons. The van der Waals surface area contributed by atoms with Gasteiger partial charge in [0.2, 0.25) is 0 Å². The predicted molar refractivity (Wildman–Crippen MR) is 95.6 cm³/mol. The topological polar surface area (TPSA) is 20.2 Å². The van der Waals surface area contributed by atoms with Crippen molar-refractivity contribution in [3.8, 4) is 0 Å². The normalized spacial score (nSPS) is 13.0. The average molecular weight is 288 g/mol. The molecule has 0 heterocycles. The summed E-state index contributed by atoms with van der Waals surface area (Å²) in [5.74, 6) is 0. The molecular weight excluding hydrogens is 256 g/mol. The van der Waals surface area contributed by atoms with Crippen LogP contribution in [0.1, 0.15) is 64.7 Å². The van der Waals surface area contributed by atoms with Gasteiger partial charge in [-0.25, -0.2) is 0 Å². The van der Waals surface area contributed by atoms with Gasteiger partial charge in [-0.15, -0.1) is 0 Å². The molecule has 0 aliphatic rings. The standard InChI is InChI=1S/C20H32O/c1-2-3-4-5-6-7-8-9-10-11-12-13-14-15-16-17-18-19-20-21/h11-21H,2-10H2,1H3/b12-11+,14-13-,16-15+,18-17+,20-19+. The molecule has 1 nitrogen and oxygen atoms in total. The van der Waals surface area contributed by atoms with Crippen LogP contribution in [0.5, 0.6) is 0 Å². The summed E-state index contributed by atoms with van der Waals surface area (Å²) in [5.41, 5.74) is 0. The zero-order valence-electron chi connectivity index (χ0n) is 13.6. The average Bonchev–Trinajstić information content (AvgIpc) is 2.50. The number of rotatable bonds is 13. The van der Waals surface area contributed by atoms with Gasteiger partial charge in [-0.05, 0) is 18.9 Å². The molecular formula is C20H32O. The summed E-state index contributed by atoms with van der Waals surface area (Å²) in [6, 6.07) is 0. The lowest BCUT2D eigenvalue weighted by Crippen LogP contribution is -1.79. The van der Waals surface area contributed by atoms with Gasteiger partial charge in [-0.3, -0.25) is 0 Å². The van der Waals surface area contributed by atoms with Crippen LogP contribution >= 0.6 is 0 Å². The van der Waals surface area contributed by atoms with Crippen molar-refractivity contribution in [1.82, 2.24) is 0 Å². The van der Waals surface area contributed by atoms with E-state index in [0.717, 1.165) is 6.26 Å². The van der Waals surface area contributed by atoms with Gasteiger partial charge < -0.3 is 5.11 Å². The van der Waals surface area contributed by atoms with Crippen LogP contribution in [-0.2, 0) is 0 Å². The number of allylic oxidation sites excluding steroid dienone is 9. The third-order valence-corrected chi connectivity index (χ3v) is 3.22. The van der Waals surface area contributed by atoms with Crippen LogP contribution in [-0.4, -0.2) is 5.11 Å². The van der Waals surface area contributed by atoms with Gasteiger partial charge in [0.05, 0.1) is 6.26 Å². The van der Waals surface area contributed by atoms with Crippen molar-refractivity contribution in [2.45, 2.75) is 64.7 Å². The van der Waals surface area contributed by atoms with Crippen LogP contribution in [0, 0.1) is 0 Å². The van der Waals surface area contributed by atoms with Gasteiger partial charge in [0.25, 0.3) is 0 Å². The summed E-state index contributed by atoms with van der Waals surface area (Å²) >= 11 is 0. The Morgan fingerprint density at radius 3 is 1.62 bits per heavy atom. The molecule has 0 aromatic carbocycles. The minimum Gasteiger partial charge on any atom is -0.516 e. The Morgan fingerprint density at radius 2 is 1.05 bits per heavy atom. The molecule has 1 heteroatoms. The Morgan fingerprint density at radius 1 is 0.571 bits per heavy atom. The molecule has 0 aliphatic heterocycles. The van der Waals surface area contributed by atoms with Gasteiger partial charge >= 0.3 is 0 Å². The molecule has 0 radical (unpaired) electrons. The minimum atomic E-state index is 1.02. The smallest absolute Gasteiger partial charge is 0.0791 e. The van der Waals surface area contributed by atoms with Crippen LogP contribution in [0.4, 0.5) is 0 Å². The maximum atomic E-state index is 8.41. The van der Waals surface area contributed by atoms with E-state index in [9.17, 15) is 0 Å². The van der Waals surface area contributed by atoms with Crippen molar-refractivity contribution in [3.05, 3.63) is 60.9 Å². The summed E-state index contributed by atoms with van der Waals surface area (Å²) < 4.78 is 0. The first-order valence-electron chi connectivity index (χ1n) is 8.37. The molecule has 0 aromatic rings. The molecule has 0 saturated carbocycles. The molecule has 0 atom stereocenters. The van der Waals surface area contributed by atoms with E-state index in [2.05, 4.69) is 25.2 Å². The van der Waals surface area contributed by atoms with E-state index in [0.29, 0.717) is 0 Å². The van der Waals surface area contributed by atoms with E-state index in [-0.39, 0.29) is 0 Å². The van der Waals surface area contributed by atoms with E-state index in [4.69, 9.17) is 5.11 Å². The lowest BCUT2D eigenvalue weighted by molar-refractivity contribution is 0.474. The highest BCUT2D eigenvalue weighted by Crippen LogP contribution is 2.09. The van der Waals surface area contributed by atoms with Crippen LogP contribution in [0.2, 0.25) is 0 Å². The summed E-state index contributed by atoms with van der Waals surface area (Å²) in [4.78, 5) is 0. The quantitative estimate of drug-likeness (QED) is 0.224. The fourth-order valence-corrected chi connectivity index (χ4v) is 2.01. The van der Waals surface area contributed by atoms with Crippen LogP contribution in [0.25, 0.3) is 0 Å². The second-order valence-electron chi connectivity index (χ2n) is 5.19. The zero-order chi connectivity index (χ0) is 15.4. The van der Waals surface area contributed by atoms with Crippen molar-refractivity contribution >= 4 is 0 Å². The van der Waals surface area contributed by atoms with Crippen LogP contribution < -0.4 is 0 Å². The first-order chi connectivity index (χ1) is 10.4. The SMILES string of the molecule is CCCCCCCCCC/C=C/C=C\C=C\C=C\C=C\O. The van der Waals surface area contributed by atoms with Crippen LogP contribution in [0.3, 0.4) is 0 Å². The van der Waals surface area contributed by atoms with Gasteiger partial charge in [0, 0.05) is 0 Å². The lowest BCUT2D eigenvalue weighted by Gasteiger charge is -1.99. The highest BCUT2D eigenvalue weighted by Gasteiger charge is 1.89. The molecule has 0 rings (SSSR count). The predicted octanol–water partition coefficient (Wildman–Crippen LogP) is 6.81. The Hall–Kier alpha value is -1.50. The maximum Gasteiger partial charge on any atom is 0.0791 e. The van der Waals surface area contributed by atoms with Crippen molar-refractivity contribution in [2.75, 3.05) is 0 Å². The van der Waals surface area contributed by atoms with E-state index >= 15 is 0 Å². The van der Waals surface area contributed by atoms with Crippen molar-refractivity contribution in [3.63, 3.8) is 0 Å². The number of hydrogen-bond donors (Lipinski definition) is 1. The Bertz CT molecular complexity index is 332. The van der Waals surface area contributed by atoms with E-state index in [1.54, 1.807) is 12.2 Å². The molecule has 1 N–H and O–H groups in total. The number of hydrogen-bond acceptors (Lipinski definition) is 1. The molecule has 0 aliphatic carbocycles.